The molecule has 1 heterocycles. The molecule has 4 bridgehead atoms. The van der Waals surface area contributed by atoms with Crippen LogP contribution in [0.4, 0.5) is 5.13 Å². The number of hydrogen-bond donors (Lipinski definition) is 2. The van der Waals surface area contributed by atoms with E-state index in [-0.39, 0.29) is 17.9 Å². The molecule has 2 aromatic rings. The second kappa shape index (κ2) is 7.13. The lowest BCUT2D eigenvalue weighted by Crippen LogP contribution is -2.48. The molecule has 0 saturated heterocycles. The summed E-state index contributed by atoms with van der Waals surface area (Å²) >= 11 is 1.50. The van der Waals surface area contributed by atoms with Crippen LogP contribution in [0.25, 0.3) is 0 Å². The molecule has 4 fully saturated rings. The lowest BCUT2D eigenvalue weighted by atomic mass is 9.49. The molecular weight excluding hydrogens is 386 g/mol. The molecule has 0 spiro atoms. The fraction of sp³-hybridized carbons (Fsp3) is 0.500. The molecule has 6 rings (SSSR count). The predicted octanol–water partition coefficient (Wildman–Crippen LogP) is 3.73. The first-order chi connectivity index (χ1) is 14.0. The van der Waals surface area contributed by atoms with E-state index in [4.69, 9.17) is 15.5 Å². The van der Waals surface area contributed by atoms with Crippen molar-refractivity contribution in [2.45, 2.75) is 43.9 Å². The van der Waals surface area contributed by atoms with Crippen LogP contribution >= 0.6 is 11.3 Å². The van der Waals surface area contributed by atoms with Crippen LogP contribution in [0.3, 0.4) is 0 Å². The first kappa shape index (κ1) is 18.6. The summed E-state index contributed by atoms with van der Waals surface area (Å²) in [5.41, 5.74) is 6.97. The Morgan fingerprint density at radius 2 is 1.86 bits per heavy atom. The summed E-state index contributed by atoms with van der Waals surface area (Å²) in [5.74, 6) is 2.24. The average Bonchev–Trinajstić information content (AvgIpc) is 3.15. The second-order valence-corrected chi connectivity index (χ2v) is 9.83. The van der Waals surface area contributed by atoms with Crippen molar-refractivity contribution in [1.82, 2.24) is 4.98 Å². The molecule has 0 aliphatic heterocycles. The highest BCUT2D eigenvalue weighted by Gasteiger charge is 2.52. The summed E-state index contributed by atoms with van der Waals surface area (Å²) in [6.45, 7) is -0.216. The first-order valence-electron chi connectivity index (χ1n) is 10.3. The topological polar surface area (TPSA) is 94.3 Å². The van der Waals surface area contributed by atoms with Gasteiger partial charge in [-0.15, -0.1) is 11.3 Å². The number of nitrogens with zero attached hydrogens (tertiary/aromatic N) is 1. The smallest absolute Gasteiger partial charge is 0.257 e. The minimum absolute atomic E-state index is 0.216. The normalized spacial score (nSPS) is 29.6. The van der Waals surface area contributed by atoms with E-state index in [1.165, 1.54) is 55.6 Å². The number of nitrogens with two attached hydrogens (primary N) is 1. The summed E-state index contributed by atoms with van der Waals surface area (Å²) in [5, 5.41) is 5.71. The van der Waals surface area contributed by atoms with Crippen LogP contribution in [0.2, 0.25) is 0 Å². The monoisotopic (exact) mass is 411 g/mol. The second-order valence-electron chi connectivity index (χ2n) is 8.97. The maximum Gasteiger partial charge on any atom is 0.257 e. The number of aromatic nitrogens is 1. The zero-order chi connectivity index (χ0) is 20.0. The summed E-state index contributed by atoms with van der Waals surface area (Å²) < 4.78 is 5.28. The van der Waals surface area contributed by atoms with Gasteiger partial charge < -0.3 is 10.5 Å². The number of benzene rings is 1. The number of nitrogens with one attached hydrogen (secondary N) is 1. The van der Waals surface area contributed by atoms with Gasteiger partial charge in [0.15, 0.2) is 11.7 Å². The number of amides is 2. The van der Waals surface area contributed by atoms with E-state index in [1.807, 2.05) is 0 Å². The third-order valence-corrected chi connectivity index (χ3v) is 7.54. The number of thiazole rings is 1. The molecule has 4 aliphatic carbocycles. The van der Waals surface area contributed by atoms with Gasteiger partial charge >= 0.3 is 0 Å². The predicted molar refractivity (Wildman–Crippen MR) is 111 cm³/mol. The molecule has 6 nitrogen and oxygen atoms in total. The Kier molecular flexibility index (Phi) is 4.57. The zero-order valence-electron chi connectivity index (χ0n) is 16.2. The van der Waals surface area contributed by atoms with Crippen LogP contribution in [0.1, 0.15) is 54.6 Å². The molecular formula is C22H25N3O3S. The van der Waals surface area contributed by atoms with E-state index in [0.29, 0.717) is 16.4 Å². The fourth-order valence-electron chi connectivity index (χ4n) is 6.05. The van der Waals surface area contributed by atoms with E-state index >= 15 is 0 Å². The molecule has 0 radical (unpaired) electrons. The van der Waals surface area contributed by atoms with Crippen molar-refractivity contribution in [1.29, 1.82) is 0 Å². The first-order valence-corrected chi connectivity index (χ1v) is 11.2. The third-order valence-electron chi connectivity index (χ3n) is 6.78. The van der Waals surface area contributed by atoms with E-state index in [1.54, 1.807) is 24.3 Å². The van der Waals surface area contributed by atoms with Gasteiger partial charge in [-0.25, -0.2) is 4.98 Å². The van der Waals surface area contributed by atoms with Crippen molar-refractivity contribution in [2.75, 3.05) is 11.9 Å². The summed E-state index contributed by atoms with van der Waals surface area (Å²) in [7, 11) is 0. The van der Waals surface area contributed by atoms with Gasteiger partial charge in [0.05, 0.1) is 5.69 Å². The minimum atomic E-state index is -0.556. The SMILES string of the molecule is NC(=O)COc1cccc(C(=O)Nc2nc(C34CC5CC(CC(C5)C3)C4)cs2)c1. The number of carbonyl (C=O) groups is 2. The van der Waals surface area contributed by atoms with Gasteiger partial charge in [-0.05, 0) is 74.5 Å². The number of hydrogen-bond acceptors (Lipinski definition) is 5. The highest BCUT2D eigenvalue weighted by Crippen LogP contribution is 2.60. The van der Waals surface area contributed by atoms with Crippen molar-refractivity contribution in [2.24, 2.45) is 23.5 Å². The van der Waals surface area contributed by atoms with Crippen LogP contribution < -0.4 is 15.8 Å². The quantitative estimate of drug-likeness (QED) is 0.757. The van der Waals surface area contributed by atoms with Gasteiger partial charge in [-0.2, -0.15) is 0 Å². The summed E-state index contributed by atoms with van der Waals surface area (Å²) in [6.07, 6.45) is 7.99. The molecule has 1 aromatic heterocycles. The molecule has 0 unspecified atom stereocenters. The van der Waals surface area contributed by atoms with Crippen molar-refractivity contribution in [3.8, 4) is 5.75 Å². The minimum Gasteiger partial charge on any atom is -0.484 e. The van der Waals surface area contributed by atoms with Crippen LogP contribution in [0.5, 0.6) is 5.75 Å². The number of carbonyl (C=O) groups excluding carboxylic acids is 2. The maximum atomic E-state index is 12.7. The van der Waals surface area contributed by atoms with E-state index in [2.05, 4.69) is 10.7 Å². The van der Waals surface area contributed by atoms with Crippen LogP contribution in [0, 0.1) is 17.8 Å². The Hall–Kier alpha value is -2.41. The van der Waals surface area contributed by atoms with Gasteiger partial charge in [-0.3, -0.25) is 14.9 Å². The molecule has 3 N–H and O–H groups in total. The van der Waals surface area contributed by atoms with Crippen LogP contribution in [-0.4, -0.2) is 23.4 Å². The van der Waals surface area contributed by atoms with E-state index in [0.717, 1.165) is 17.8 Å². The van der Waals surface area contributed by atoms with Crippen molar-refractivity contribution in [3.63, 3.8) is 0 Å². The van der Waals surface area contributed by atoms with E-state index in [9.17, 15) is 9.59 Å². The standard InChI is InChI=1S/C22H25N3O3S/c23-19(26)11-28-17-3-1-2-16(7-17)20(27)25-21-24-18(12-29-21)22-8-13-4-14(9-22)6-15(5-13)10-22/h1-3,7,12-15H,4-6,8-11H2,(H2,23,26)(H,24,25,27). The Morgan fingerprint density at radius 1 is 1.17 bits per heavy atom. The third kappa shape index (κ3) is 3.64. The number of primary amides is 1. The Morgan fingerprint density at radius 3 is 2.52 bits per heavy atom. The fourth-order valence-corrected chi connectivity index (χ4v) is 6.88. The maximum absolute atomic E-state index is 12.7. The van der Waals surface area contributed by atoms with Crippen molar-refractivity contribution in [3.05, 3.63) is 40.9 Å². The van der Waals surface area contributed by atoms with Gasteiger partial charge in [0.1, 0.15) is 5.75 Å². The Labute approximate surface area is 173 Å². The van der Waals surface area contributed by atoms with Crippen LogP contribution in [0.15, 0.2) is 29.6 Å². The molecule has 29 heavy (non-hydrogen) atoms. The summed E-state index contributed by atoms with van der Waals surface area (Å²) in [6, 6.07) is 6.72. The van der Waals surface area contributed by atoms with Gasteiger partial charge in [0, 0.05) is 16.4 Å². The lowest BCUT2D eigenvalue weighted by Gasteiger charge is -2.56. The van der Waals surface area contributed by atoms with Gasteiger partial charge in [-0.1, -0.05) is 6.07 Å². The van der Waals surface area contributed by atoms with Crippen molar-refractivity contribution < 1.29 is 14.3 Å². The molecule has 4 saturated carbocycles. The Bertz CT molecular complexity index is 919. The molecule has 2 amide bonds. The Balaban J connectivity index is 1.29. The van der Waals surface area contributed by atoms with Gasteiger partial charge in [0.25, 0.3) is 11.8 Å². The van der Waals surface area contributed by atoms with Crippen molar-refractivity contribution >= 4 is 28.3 Å². The highest BCUT2D eigenvalue weighted by molar-refractivity contribution is 7.14. The van der Waals surface area contributed by atoms with Gasteiger partial charge in [0.2, 0.25) is 0 Å². The number of ether oxygens (including phenoxy) is 1. The number of anilines is 1. The highest BCUT2D eigenvalue weighted by atomic mass is 32.1. The molecule has 0 atom stereocenters. The van der Waals surface area contributed by atoms with Crippen LogP contribution in [-0.2, 0) is 10.2 Å². The summed E-state index contributed by atoms with van der Waals surface area (Å²) in [4.78, 5) is 28.4. The zero-order valence-corrected chi connectivity index (χ0v) is 17.0. The molecule has 1 aromatic carbocycles. The molecule has 4 aliphatic rings. The average molecular weight is 412 g/mol. The number of rotatable bonds is 6. The molecule has 152 valence electrons. The lowest BCUT2D eigenvalue weighted by molar-refractivity contribution is -0.119. The van der Waals surface area contributed by atoms with E-state index < -0.39 is 5.91 Å². The molecule has 7 heteroatoms. The largest absolute Gasteiger partial charge is 0.484 e.